The highest BCUT2D eigenvalue weighted by atomic mass is 16.2. The van der Waals surface area contributed by atoms with Gasteiger partial charge in [-0.3, -0.25) is 9.78 Å². The maximum atomic E-state index is 12.4. The van der Waals surface area contributed by atoms with Crippen molar-refractivity contribution in [3.63, 3.8) is 0 Å². The molecule has 0 atom stereocenters. The fourth-order valence-electron chi connectivity index (χ4n) is 2.77. The standard InChI is InChI=1S/C19H22N4O2/c1-15-4-6-16(7-5-15)13-22-9-10-23(19(22)25)14-18(24)21-12-17-3-2-8-20-11-17/h2-8,11H,9-10,12-14H2,1H3,(H,21,24). The molecule has 6 nitrogen and oxygen atoms in total. The van der Waals surface area contributed by atoms with Crippen LogP contribution in [0.1, 0.15) is 16.7 Å². The summed E-state index contributed by atoms with van der Waals surface area (Å²) in [4.78, 5) is 31.9. The molecular formula is C19H22N4O2. The molecular weight excluding hydrogens is 316 g/mol. The van der Waals surface area contributed by atoms with Crippen molar-refractivity contribution in [2.45, 2.75) is 20.0 Å². The number of benzene rings is 1. The first-order valence-corrected chi connectivity index (χ1v) is 8.37. The van der Waals surface area contributed by atoms with E-state index >= 15 is 0 Å². The van der Waals surface area contributed by atoms with Gasteiger partial charge in [-0.2, -0.15) is 0 Å². The fraction of sp³-hybridized carbons (Fsp3) is 0.316. The van der Waals surface area contributed by atoms with Crippen LogP contribution < -0.4 is 5.32 Å². The minimum Gasteiger partial charge on any atom is -0.350 e. The summed E-state index contributed by atoms with van der Waals surface area (Å²) >= 11 is 0. The second kappa shape index (κ2) is 7.79. The van der Waals surface area contributed by atoms with Crippen LogP contribution in [0.5, 0.6) is 0 Å². The molecule has 6 heteroatoms. The molecule has 0 unspecified atom stereocenters. The average Bonchev–Trinajstić information content (AvgIpc) is 2.96. The SMILES string of the molecule is Cc1ccc(CN2CCN(CC(=O)NCc3cccnc3)C2=O)cc1. The zero-order chi connectivity index (χ0) is 17.6. The van der Waals surface area contributed by atoms with Gasteiger partial charge in [0.25, 0.3) is 0 Å². The lowest BCUT2D eigenvalue weighted by Crippen LogP contribution is -2.39. The molecule has 0 bridgehead atoms. The molecule has 1 aromatic heterocycles. The van der Waals surface area contributed by atoms with Crippen molar-refractivity contribution in [1.29, 1.82) is 0 Å². The molecule has 0 aliphatic carbocycles. The summed E-state index contributed by atoms with van der Waals surface area (Å²) in [5.41, 5.74) is 3.23. The van der Waals surface area contributed by atoms with Gasteiger partial charge >= 0.3 is 6.03 Å². The number of nitrogens with one attached hydrogen (secondary N) is 1. The zero-order valence-electron chi connectivity index (χ0n) is 14.3. The first-order chi connectivity index (χ1) is 12.1. The molecule has 25 heavy (non-hydrogen) atoms. The van der Waals surface area contributed by atoms with E-state index in [1.165, 1.54) is 5.56 Å². The summed E-state index contributed by atoms with van der Waals surface area (Å²) in [6, 6.07) is 11.8. The number of aryl methyl sites for hydroxylation is 1. The van der Waals surface area contributed by atoms with E-state index in [4.69, 9.17) is 0 Å². The minimum absolute atomic E-state index is 0.0860. The number of pyridine rings is 1. The molecule has 1 N–H and O–H groups in total. The summed E-state index contributed by atoms with van der Waals surface area (Å²) in [6.07, 6.45) is 3.40. The quantitative estimate of drug-likeness (QED) is 0.875. The lowest BCUT2D eigenvalue weighted by Gasteiger charge is -2.18. The number of hydrogen-bond acceptors (Lipinski definition) is 3. The molecule has 3 amide bonds. The van der Waals surface area contributed by atoms with Crippen LogP contribution in [0.4, 0.5) is 4.79 Å². The minimum atomic E-state index is -0.158. The Morgan fingerprint density at radius 3 is 2.60 bits per heavy atom. The average molecular weight is 338 g/mol. The molecule has 2 heterocycles. The van der Waals surface area contributed by atoms with Gasteiger partial charge in [0.05, 0.1) is 0 Å². The van der Waals surface area contributed by atoms with Crippen molar-refractivity contribution in [2.75, 3.05) is 19.6 Å². The molecule has 1 aliphatic heterocycles. The number of amides is 3. The third-order valence-electron chi connectivity index (χ3n) is 4.22. The van der Waals surface area contributed by atoms with E-state index in [-0.39, 0.29) is 18.5 Å². The van der Waals surface area contributed by atoms with Crippen LogP contribution in [0, 0.1) is 6.92 Å². The van der Waals surface area contributed by atoms with Gasteiger partial charge in [-0.25, -0.2) is 4.79 Å². The third kappa shape index (κ3) is 4.56. The second-order valence-corrected chi connectivity index (χ2v) is 6.25. The fourth-order valence-corrected chi connectivity index (χ4v) is 2.77. The summed E-state index contributed by atoms with van der Waals surface area (Å²) < 4.78 is 0. The molecule has 1 fully saturated rings. The van der Waals surface area contributed by atoms with Crippen molar-refractivity contribution in [1.82, 2.24) is 20.1 Å². The van der Waals surface area contributed by atoms with Gasteiger partial charge in [0.15, 0.2) is 0 Å². The molecule has 0 spiro atoms. The monoisotopic (exact) mass is 338 g/mol. The highest BCUT2D eigenvalue weighted by Gasteiger charge is 2.29. The normalized spacial score (nSPS) is 14.0. The Hall–Kier alpha value is -2.89. The van der Waals surface area contributed by atoms with Crippen LogP contribution >= 0.6 is 0 Å². The smallest absolute Gasteiger partial charge is 0.320 e. The Labute approximate surface area is 147 Å². The number of nitrogens with zero attached hydrogens (tertiary/aromatic N) is 3. The topological polar surface area (TPSA) is 65.5 Å². The largest absolute Gasteiger partial charge is 0.350 e. The van der Waals surface area contributed by atoms with Gasteiger partial charge < -0.3 is 15.1 Å². The van der Waals surface area contributed by atoms with Crippen LogP contribution in [-0.4, -0.2) is 46.4 Å². The summed E-state index contributed by atoms with van der Waals surface area (Å²) in [5.74, 6) is -0.158. The van der Waals surface area contributed by atoms with Gasteiger partial charge in [-0.05, 0) is 24.1 Å². The maximum absolute atomic E-state index is 12.4. The van der Waals surface area contributed by atoms with Crippen molar-refractivity contribution in [2.24, 2.45) is 0 Å². The molecule has 1 saturated heterocycles. The summed E-state index contributed by atoms with van der Waals surface area (Å²) in [6.45, 7) is 4.34. The third-order valence-corrected chi connectivity index (χ3v) is 4.22. The number of rotatable bonds is 6. The van der Waals surface area contributed by atoms with E-state index in [1.54, 1.807) is 22.2 Å². The highest BCUT2D eigenvalue weighted by Crippen LogP contribution is 2.13. The Balaban J connectivity index is 1.48. The number of urea groups is 1. The summed E-state index contributed by atoms with van der Waals surface area (Å²) in [7, 11) is 0. The van der Waals surface area contributed by atoms with E-state index in [0.29, 0.717) is 26.2 Å². The predicted octanol–water partition coefficient (Wildman–Crippen LogP) is 1.94. The van der Waals surface area contributed by atoms with Crippen LogP contribution in [-0.2, 0) is 17.9 Å². The number of carbonyl (C=O) groups excluding carboxylic acids is 2. The molecule has 1 aromatic carbocycles. The molecule has 0 radical (unpaired) electrons. The number of aromatic nitrogens is 1. The Bertz CT molecular complexity index is 731. The Morgan fingerprint density at radius 1 is 1.12 bits per heavy atom. The van der Waals surface area contributed by atoms with Crippen LogP contribution in [0.25, 0.3) is 0 Å². The molecule has 1 aliphatic rings. The summed E-state index contributed by atoms with van der Waals surface area (Å²) in [5, 5.41) is 2.83. The number of carbonyl (C=O) groups is 2. The van der Waals surface area contributed by atoms with Crippen LogP contribution in [0.2, 0.25) is 0 Å². The Kier molecular flexibility index (Phi) is 5.28. The van der Waals surface area contributed by atoms with E-state index < -0.39 is 0 Å². The van der Waals surface area contributed by atoms with Gasteiger partial charge in [0, 0.05) is 38.6 Å². The van der Waals surface area contributed by atoms with Gasteiger partial charge in [-0.1, -0.05) is 35.9 Å². The van der Waals surface area contributed by atoms with Crippen molar-refractivity contribution in [3.05, 3.63) is 65.5 Å². The molecule has 2 aromatic rings. The Morgan fingerprint density at radius 2 is 1.88 bits per heavy atom. The van der Waals surface area contributed by atoms with Crippen molar-refractivity contribution < 1.29 is 9.59 Å². The molecule has 3 rings (SSSR count). The highest BCUT2D eigenvalue weighted by molar-refractivity contribution is 5.85. The maximum Gasteiger partial charge on any atom is 0.320 e. The van der Waals surface area contributed by atoms with Crippen LogP contribution in [0.3, 0.4) is 0 Å². The lowest BCUT2D eigenvalue weighted by atomic mass is 10.1. The van der Waals surface area contributed by atoms with Crippen molar-refractivity contribution >= 4 is 11.9 Å². The predicted molar refractivity (Wildman–Crippen MR) is 94.6 cm³/mol. The second-order valence-electron chi connectivity index (χ2n) is 6.25. The van der Waals surface area contributed by atoms with Crippen molar-refractivity contribution in [3.8, 4) is 0 Å². The van der Waals surface area contributed by atoms with E-state index in [0.717, 1.165) is 11.1 Å². The van der Waals surface area contributed by atoms with Crippen LogP contribution in [0.15, 0.2) is 48.8 Å². The number of hydrogen-bond donors (Lipinski definition) is 1. The first-order valence-electron chi connectivity index (χ1n) is 8.37. The van der Waals surface area contributed by atoms with E-state index in [1.807, 2.05) is 43.3 Å². The van der Waals surface area contributed by atoms with Gasteiger partial charge in [-0.15, -0.1) is 0 Å². The molecule has 130 valence electrons. The first kappa shape index (κ1) is 17.0. The zero-order valence-corrected chi connectivity index (χ0v) is 14.3. The van der Waals surface area contributed by atoms with E-state index in [2.05, 4.69) is 10.3 Å². The lowest BCUT2D eigenvalue weighted by molar-refractivity contribution is -0.121. The van der Waals surface area contributed by atoms with Gasteiger partial charge in [0.1, 0.15) is 6.54 Å². The molecule has 0 saturated carbocycles. The van der Waals surface area contributed by atoms with E-state index in [9.17, 15) is 9.59 Å². The van der Waals surface area contributed by atoms with Gasteiger partial charge in [0.2, 0.25) is 5.91 Å².